The van der Waals surface area contributed by atoms with Crippen molar-refractivity contribution < 1.29 is 9.90 Å². The van der Waals surface area contributed by atoms with Crippen molar-refractivity contribution in [3.05, 3.63) is 11.9 Å². The van der Waals surface area contributed by atoms with Gasteiger partial charge in [-0.25, -0.2) is 4.79 Å². The number of nitrogens with one attached hydrogen (secondary N) is 2. The average molecular weight is 310 g/mol. The Balaban J connectivity index is 2.66. The van der Waals surface area contributed by atoms with Crippen LogP contribution in [0.25, 0.3) is 0 Å². The molecule has 1 heterocycles. The van der Waals surface area contributed by atoms with E-state index in [1.54, 1.807) is 6.20 Å². The summed E-state index contributed by atoms with van der Waals surface area (Å²) in [5, 5.41) is 20.1. The van der Waals surface area contributed by atoms with E-state index < -0.39 is 5.60 Å². The van der Waals surface area contributed by atoms with Crippen molar-refractivity contribution in [2.45, 2.75) is 66.0 Å². The topological polar surface area (TPSA) is 79.2 Å². The predicted molar refractivity (Wildman–Crippen MR) is 89.0 cm³/mol. The summed E-state index contributed by atoms with van der Waals surface area (Å²) in [6.07, 6.45) is 3.70. The molecule has 0 aliphatic rings. The van der Waals surface area contributed by atoms with Crippen LogP contribution >= 0.6 is 0 Å². The number of carbonyl (C=O) groups is 1. The van der Waals surface area contributed by atoms with Gasteiger partial charge < -0.3 is 15.7 Å². The van der Waals surface area contributed by atoms with E-state index in [0.29, 0.717) is 18.8 Å². The van der Waals surface area contributed by atoms with Crippen LogP contribution in [0.5, 0.6) is 0 Å². The zero-order chi connectivity index (χ0) is 16.8. The van der Waals surface area contributed by atoms with Crippen LogP contribution in [0.2, 0.25) is 0 Å². The number of amides is 2. The number of aromatic nitrogens is 2. The van der Waals surface area contributed by atoms with Crippen LogP contribution in [-0.4, -0.2) is 33.1 Å². The van der Waals surface area contributed by atoms with Gasteiger partial charge in [0.05, 0.1) is 23.2 Å². The Labute approximate surface area is 133 Å². The number of nitrogens with zero attached hydrogens (tertiary/aromatic N) is 2. The standard InChI is InChI=1S/C16H30N4O2/c1-6-14-13(9-18-20(14)10-12(4)5)19-15(21)17-11-16(22,7-2)8-3/h9,12,22H,6-8,10-11H2,1-5H3,(H2,17,19,21). The number of hydrogen-bond donors (Lipinski definition) is 3. The molecule has 0 aliphatic carbocycles. The highest BCUT2D eigenvalue weighted by atomic mass is 16.3. The summed E-state index contributed by atoms with van der Waals surface area (Å²) >= 11 is 0. The molecule has 2 amide bonds. The molecule has 0 bridgehead atoms. The van der Waals surface area contributed by atoms with Crippen molar-refractivity contribution in [2.75, 3.05) is 11.9 Å². The monoisotopic (exact) mass is 310 g/mol. The predicted octanol–water partition coefficient (Wildman–Crippen LogP) is 2.77. The lowest BCUT2D eigenvalue weighted by Gasteiger charge is -2.25. The molecule has 0 aliphatic heterocycles. The van der Waals surface area contributed by atoms with Crippen LogP contribution in [0, 0.1) is 5.92 Å². The van der Waals surface area contributed by atoms with Crippen molar-refractivity contribution in [3.63, 3.8) is 0 Å². The van der Waals surface area contributed by atoms with Crippen molar-refractivity contribution in [2.24, 2.45) is 5.92 Å². The van der Waals surface area contributed by atoms with Crippen molar-refractivity contribution in [1.29, 1.82) is 0 Å². The van der Waals surface area contributed by atoms with Crippen LogP contribution in [0.15, 0.2) is 6.20 Å². The molecule has 0 aromatic carbocycles. The van der Waals surface area contributed by atoms with Crippen LogP contribution in [0.3, 0.4) is 0 Å². The van der Waals surface area contributed by atoms with Gasteiger partial charge in [0.1, 0.15) is 0 Å². The molecule has 0 unspecified atom stereocenters. The maximum absolute atomic E-state index is 12.0. The zero-order valence-corrected chi connectivity index (χ0v) is 14.4. The molecule has 0 radical (unpaired) electrons. The molecular formula is C16H30N4O2. The molecule has 0 fully saturated rings. The van der Waals surface area contributed by atoms with E-state index >= 15 is 0 Å². The summed E-state index contributed by atoms with van der Waals surface area (Å²) in [4.78, 5) is 12.0. The molecule has 6 heteroatoms. The lowest BCUT2D eigenvalue weighted by molar-refractivity contribution is 0.0354. The zero-order valence-electron chi connectivity index (χ0n) is 14.4. The minimum absolute atomic E-state index is 0.243. The molecule has 6 nitrogen and oxygen atoms in total. The summed E-state index contributed by atoms with van der Waals surface area (Å²) in [5.41, 5.74) is 0.912. The second kappa shape index (κ2) is 8.17. The summed E-state index contributed by atoms with van der Waals surface area (Å²) in [5.74, 6) is 0.496. The quantitative estimate of drug-likeness (QED) is 0.691. The molecular weight excluding hydrogens is 280 g/mol. The van der Waals surface area contributed by atoms with Gasteiger partial charge in [-0.3, -0.25) is 4.68 Å². The largest absolute Gasteiger partial charge is 0.388 e. The van der Waals surface area contributed by atoms with Crippen molar-refractivity contribution >= 4 is 11.7 Å². The molecule has 22 heavy (non-hydrogen) atoms. The maximum Gasteiger partial charge on any atom is 0.319 e. The van der Waals surface area contributed by atoms with Gasteiger partial charge >= 0.3 is 6.03 Å². The van der Waals surface area contributed by atoms with E-state index in [2.05, 4.69) is 29.6 Å². The number of aliphatic hydroxyl groups is 1. The number of anilines is 1. The van der Waals surface area contributed by atoms with Crippen LogP contribution in [0.1, 0.15) is 53.2 Å². The van der Waals surface area contributed by atoms with Crippen LogP contribution in [0.4, 0.5) is 10.5 Å². The normalized spacial score (nSPS) is 11.8. The van der Waals surface area contributed by atoms with Gasteiger partial charge in [-0.15, -0.1) is 0 Å². The highest BCUT2D eigenvalue weighted by Crippen LogP contribution is 2.17. The van der Waals surface area contributed by atoms with Crippen LogP contribution in [-0.2, 0) is 13.0 Å². The third-order valence-electron chi connectivity index (χ3n) is 3.96. The highest BCUT2D eigenvalue weighted by molar-refractivity contribution is 5.89. The van der Waals surface area contributed by atoms with E-state index in [1.807, 2.05) is 25.5 Å². The van der Waals surface area contributed by atoms with Gasteiger partial charge in [0.15, 0.2) is 0 Å². The molecule has 0 saturated carbocycles. The van der Waals surface area contributed by atoms with Gasteiger partial charge in [0, 0.05) is 13.1 Å². The fourth-order valence-corrected chi connectivity index (χ4v) is 2.30. The highest BCUT2D eigenvalue weighted by Gasteiger charge is 2.23. The van der Waals surface area contributed by atoms with E-state index in [-0.39, 0.29) is 12.6 Å². The Morgan fingerprint density at radius 2 is 2.00 bits per heavy atom. The maximum atomic E-state index is 12.0. The first-order valence-electron chi connectivity index (χ1n) is 8.17. The summed E-state index contributed by atoms with van der Waals surface area (Å²) in [6, 6.07) is -0.306. The minimum Gasteiger partial charge on any atom is -0.388 e. The first-order valence-corrected chi connectivity index (χ1v) is 8.17. The second-order valence-corrected chi connectivity index (χ2v) is 6.17. The SMILES string of the molecule is CCc1c(NC(=O)NCC(O)(CC)CC)cnn1CC(C)C. The molecule has 0 atom stereocenters. The summed E-state index contributed by atoms with van der Waals surface area (Å²) in [6.45, 7) is 11.2. The number of hydrogen-bond acceptors (Lipinski definition) is 3. The van der Waals surface area contributed by atoms with Crippen molar-refractivity contribution in [3.8, 4) is 0 Å². The summed E-state index contributed by atoms with van der Waals surface area (Å²) < 4.78 is 1.94. The Bertz CT molecular complexity index is 478. The number of rotatable bonds is 8. The number of urea groups is 1. The molecule has 0 spiro atoms. The Hall–Kier alpha value is -1.56. The second-order valence-electron chi connectivity index (χ2n) is 6.17. The van der Waals surface area contributed by atoms with Gasteiger partial charge in [0.25, 0.3) is 0 Å². The summed E-state index contributed by atoms with van der Waals surface area (Å²) in [7, 11) is 0. The van der Waals surface area contributed by atoms with E-state index in [9.17, 15) is 9.90 Å². The average Bonchev–Trinajstić information content (AvgIpc) is 2.85. The fourth-order valence-electron chi connectivity index (χ4n) is 2.30. The molecule has 1 rings (SSSR count). The van der Waals surface area contributed by atoms with Gasteiger partial charge in [-0.05, 0) is 25.2 Å². The first-order chi connectivity index (χ1) is 10.3. The number of carbonyl (C=O) groups excluding carboxylic acids is 1. The van der Waals surface area contributed by atoms with E-state index in [0.717, 1.165) is 24.3 Å². The Morgan fingerprint density at radius 3 is 2.50 bits per heavy atom. The van der Waals surface area contributed by atoms with Gasteiger partial charge in [-0.1, -0.05) is 34.6 Å². The van der Waals surface area contributed by atoms with E-state index in [1.165, 1.54) is 0 Å². The van der Waals surface area contributed by atoms with Gasteiger partial charge in [-0.2, -0.15) is 5.10 Å². The third-order valence-corrected chi connectivity index (χ3v) is 3.96. The molecule has 1 aromatic heterocycles. The first kappa shape index (κ1) is 18.5. The Kier molecular flexibility index (Phi) is 6.87. The molecule has 3 N–H and O–H groups in total. The lowest BCUT2D eigenvalue weighted by Crippen LogP contribution is -2.43. The molecule has 126 valence electrons. The smallest absolute Gasteiger partial charge is 0.319 e. The van der Waals surface area contributed by atoms with Crippen LogP contribution < -0.4 is 10.6 Å². The minimum atomic E-state index is -0.841. The Morgan fingerprint density at radius 1 is 1.36 bits per heavy atom. The van der Waals surface area contributed by atoms with Gasteiger partial charge in [0.2, 0.25) is 0 Å². The fraction of sp³-hybridized carbons (Fsp3) is 0.750. The van der Waals surface area contributed by atoms with Crippen molar-refractivity contribution in [1.82, 2.24) is 15.1 Å². The lowest BCUT2D eigenvalue weighted by atomic mass is 9.98. The van der Waals surface area contributed by atoms with E-state index in [4.69, 9.17) is 0 Å². The third kappa shape index (κ3) is 5.02. The molecule has 1 aromatic rings. The molecule has 0 saturated heterocycles.